The standard InChI is InChI=1S/C15H16N2O2/c1-15(2,18)7-10-19-14-11-12(6-9-17-14)13-5-3-4-8-16-13/h5-6,8-9,11,18H,7,10H2,1-2H3. The third kappa shape index (κ3) is 4.23. The topological polar surface area (TPSA) is 55.2 Å². The van der Waals surface area contributed by atoms with Crippen LogP contribution < -0.4 is 4.74 Å². The summed E-state index contributed by atoms with van der Waals surface area (Å²) in [6.45, 7) is 3.92. The molecule has 0 amide bonds. The van der Waals surface area contributed by atoms with E-state index in [0.717, 1.165) is 11.3 Å². The zero-order valence-corrected chi connectivity index (χ0v) is 11.1. The lowest BCUT2D eigenvalue weighted by Gasteiger charge is -2.16. The number of hydrogen-bond donors (Lipinski definition) is 1. The van der Waals surface area contributed by atoms with Crippen molar-refractivity contribution in [3.63, 3.8) is 0 Å². The van der Waals surface area contributed by atoms with Crippen LogP contribution in [-0.2, 0) is 0 Å². The molecule has 0 aliphatic heterocycles. The molecule has 19 heavy (non-hydrogen) atoms. The van der Waals surface area contributed by atoms with Crippen molar-refractivity contribution < 1.29 is 9.84 Å². The summed E-state index contributed by atoms with van der Waals surface area (Å²) >= 11 is 0. The number of rotatable bonds is 5. The van der Waals surface area contributed by atoms with Crippen LogP contribution in [0.5, 0.6) is 5.88 Å². The lowest BCUT2D eigenvalue weighted by atomic mass is 10.1. The van der Waals surface area contributed by atoms with Gasteiger partial charge in [0, 0.05) is 30.3 Å². The Bertz CT molecular complexity index is 521. The van der Waals surface area contributed by atoms with Crippen LogP contribution in [0, 0.1) is 12.1 Å². The Morgan fingerprint density at radius 1 is 1.32 bits per heavy atom. The Labute approximate surface area is 113 Å². The molecule has 2 aromatic rings. The lowest BCUT2D eigenvalue weighted by molar-refractivity contribution is 0.0547. The minimum absolute atomic E-state index is 0.419. The molecule has 2 heterocycles. The fourth-order valence-corrected chi connectivity index (χ4v) is 1.50. The molecular formula is C15H16N2O2. The number of hydrogen-bond acceptors (Lipinski definition) is 4. The van der Waals surface area contributed by atoms with Crippen molar-refractivity contribution in [2.75, 3.05) is 6.61 Å². The van der Waals surface area contributed by atoms with Gasteiger partial charge in [-0.2, -0.15) is 0 Å². The molecule has 98 valence electrons. The second kappa shape index (κ2) is 5.68. The van der Waals surface area contributed by atoms with Gasteiger partial charge in [-0.3, -0.25) is 0 Å². The second-order valence-electron chi connectivity index (χ2n) is 4.87. The first-order valence-corrected chi connectivity index (χ1v) is 6.10. The van der Waals surface area contributed by atoms with Gasteiger partial charge in [-0.15, -0.1) is 0 Å². The number of pyridine rings is 1. The minimum Gasteiger partial charge on any atom is -0.478 e. The lowest BCUT2D eigenvalue weighted by Crippen LogP contribution is -2.21. The van der Waals surface area contributed by atoms with Crippen LogP contribution in [0.25, 0.3) is 11.3 Å². The van der Waals surface area contributed by atoms with Gasteiger partial charge < -0.3 is 9.84 Å². The highest BCUT2D eigenvalue weighted by molar-refractivity contribution is 5.58. The quantitative estimate of drug-likeness (QED) is 0.891. The largest absolute Gasteiger partial charge is 0.478 e. The first-order valence-electron chi connectivity index (χ1n) is 6.10. The summed E-state index contributed by atoms with van der Waals surface area (Å²) in [5.41, 5.74) is 0.982. The Kier molecular flexibility index (Phi) is 3.98. The summed E-state index contributed by atoms with van der Waals surface area (Å²) < 4.78 is 5.53. The molecule has 0 unspecified atom stereocenters. The summed E-state index contributed by atoms with van der Waals surface area (Å²) in [7, 11) is 0. The average Bonchev–Trinajstić information content (AvgIpc) is 2.39. The molecule has 4 nitrogen and oxygen atoms in total. The van der Waals surface area contributed by atoms with Crippen molar-refractivity contribution in [1.82, 2.24) is 9.97 Å². The van der Waals surface area contributed by atoms with E-state index in [2.05, 4.69) is 22.1 Å². The molecule has 0 spiro atoms. The highest BCUT2D eigenvalue weighted by Gasteiger charge is 2.12. The van der Waals surface area contributed by atoms with Gasteiger partial charge in [0.05, 0.1) is 24.1 Å². The van der Waals surface area contributed by atoms with E-state index in [1.165, 1.54) is 0 Å². The highest BCUT2D eigenvalue weighted by atomic mass is 16.5. The molecular weight excluding hydrogens is 240 g/mol. The molecule has 0 saturated heterocycles. The Morgan fingerprint density at radius 3 is 2.84 bits per heavy atom. The molecule has 0 fully saturated rings. The number of aromatic nitrogens is 2. The monoisotopic (exact) mass is 256 g/mol. The Hall–Kier alpha value is -2.12. The average molecular weight is 256 g/mol. The predicted octanol–water partition coefficient (Wildman–Crippen LogP) is 2.28. The SMILES string of the molecule is CC(C)(O)CCOc1cc(-c2cc#ccn2)ccn1. The van der Waals surface area contributed by atoms with Crippen LogP contribution in [0.2, 0.25) is 0 Å². The van der Waals surface area contributed by atoms with Crippen LogP contribution in [0.3, 0.4) is 0 Å². The van der Waals surface area contributed by atoms with Crippen molar-refractivity contribution in [2.45, 2.75) is 25.9 Å². The summed E-state index contributed by atoms with van der Waals surface area (Å²) in [5, 5.41) is 9.61. The van der Waals surface area contributed by atoms with Crippen molar-refractivity contribution >= 4 is 0 Å². The molecule has 0 radical (unpaired) electrons. The van der Waals surface area contributed by atoms with Crippen molar-refractivity contribution in [3.05, 3.63) is 42.7 Å². The highest BCUT2D eigenvalue weighted by Crippen LogP contribution is 2.19. The van der Waals surface area contributed by atoms with Crippen molar-refractivity contribution in [2.24, 2.45) is 0 Å². The van der Waals surface area contributed by atoms with Gasteiger partial charge in [-0.25, -0.2) is 9.97 Å². The molecule has 0 aliphatic carbocycles. The first-order chi connectivity index (χ1) is 9.04. The summed E-state index contributed by atoms with van der Waals surface area (Å²) in [4.78, 5) is 8.33. The molecule has 2 rings (SSSR count). The number of aliphatic hydroxyl groups is 1. The molecule has 0 aliphatic rings. The third-order valence-corrected chi connectivity index (χ3v) is 2.55. The van der Waals surface area contributed by atoms with Crippen molar-refractivity contribution in [1.29, 1.82) is 0 Å². The van der Waals surface area contributed by atoms with Gasteiger partial charge in [-0.1, -0.05) is 6.07 Å². The Balaban J connectivity index is 2.04. The number of ether oxygens (including phenoxy) is 1. The van der Waals surface area contributed by atoms with E-state index in [1.54, 1.807) is 32.3 Å². The summed E-state index contributed by atoms with van der Waals surface area (Å²) in [6, 6.07) is 11.1. The smallest absolute Gasteiger partial charge is 0.213 e. The first kappa shape index (κ1) is 13.3. The van der Waals surface area contributed by atoms with Gasteiger partial charge in [0.25, 0.3) is 0 Å². The normalized spacial score (nSPS) is 10.9. The zero-order chi connectivity index (χ0) is 13.7. The molecule has 2 aromatic heterocycles. The molecule has 1 N–H and O–H groups in total. The predicted molar refractivity (Wildman–Crippen MR) is 71.5 cm³/mol. The summed E-state index contributed by atoms with van der Waals surface area (Å²) in [6.07, 6.45) is 3.79. The van der Waals surface area contributed by atoms with E-state index >= 15 is 0 Å². The number of nitrogens with zero attached hydrogens (tertiary/aromatic N) is 2. The van der Waals surface area contributed by atoms with E-state index < -0.39 is 5.60 Å². The third-order valence-electron chi connectivity index (χ3n) is 2.55. The maximum absolute atomic E-state index is 9.61. The minimum atomic E-state index is -0.733. The zero-order valence-electron chi connectivity index (χ0n) is 11.1. The second-order valence-corrected chi connectivity index (χ2v) is 4.87. The van der Waals surface area contributed by atoms with Crippen LogP contribution in [0.15, 0.2) is 30.6 Å². The van der Waals surface area contributed by atoms with Crippen molar-refractivity contribution in [3.8, 4) is 17.1 Å². The molecule has 0 saturated carbocycles. The van der Waals surface area contributed by atoms with Crippen LogP contribution in [-0.4, -0.2) is 27.3 Å². The fourth-order valence-electron chi connectivity index (χ4n) is 1.50. The van der Waals surface area contributed by atoms with Gasteiger partial charge in [0.1, 0.15) is 0 Å². The van der Waals surface area contributed by atoms with Gasteiger partial charge in [0.2, 0.25) is 5.88 Å². The van der Waals surface area contributed by atoms with E-state index in [9.17, 15) is 5.11 Å². The van der Waals surface area contributed by atoms with Crippen LogP contribution in [0.1, 0.15) is 20.3 Å². The van der Waals surface area contributed by atoms with E-state index in [1.807, 2.05) is 12.1 Å². The molecule has 0 atom stereocenters. The van der Waals surface area contributed by atoms with Gasteiger partial charge >= 0.3 is 0 Å². The van der Waals surface area contributed by atoms with Crippen LogP contribution >= 0.6 is 0 Å². The van der Waals surface area contributed by atoms with Gasteiger partial charge in [0.15, 0.2) is 0 Å². The van der Waals surface area contributed by atoms with Crippen LogP contribution in [0.4, 0.5) is 0 Å². The molecule has 4 heteroatoms. The van der Waals surface area contributed by atoms with Gasteiger partial charge in [-0.05, 0) is 26.0 Å². The maximum Gasteiger partial charge on any atom is 0.213 e. The fraction of sp³-hybridized carbons (Fsp3) is 0.333. The maximum atomic E-state index is 9.61. The van der Waals surface area contributed by atoms with E-state index in [4.69, 9.17) is 4.74 Å². The Morgan fingerprint density at radius 2 is 2.16 bits per heavy atom. The molecule has 0 aromatic carbocycles. The van der Waals surface area contributed by atoms with E-state index in [0.29, 0.717) is 18.9 Å². The van der Waals surface area contributed by atoms with E-state index in [-0.39, 0.29) is 0 Å². The molecule has 0 bridgehead atoms. The summed E-state index contributed by atoms with van der Waals surface area (Å²) in [5.74, 6) is 0.524.